The van der Waals surface area contributed by atoms with Gasteiger partial charge in [-0.3, -0.25) is 4.31 Å². The van der Waals surface area contributed by atoms with E-state index in [-0.39, 0.29) is 4.90 Å². The highest BCUT2D eigenvalue weighted by Gasteiger charge is 2.30. The lowest BCUT2D eigenvalue weighted by Crippen LogP contribution is -2.29. The van der Waals surface area contributed by atoms with Crippen LogP contribution in [-0.4, -0.2) is 15.0 Å². The van der Waals surface area contributed by atoms with Gasteiger partial charge < -0.3 is 0 Å². The quantitative estimate of drug-likeness (QED) is 0.850. The number of fused-ring (bicyclic) bond motifs is 1. The average Bonchev–Trinajstić information content (AvgIpc) is 2.92. The maximum Gasteiger partial charge on any atom is 0.264 e. The standard InChI is InChI=1S/C15H12N2O2S/c16-11-12-4-3-6-14(10-12)20(18,19)17-9-8-13-5-1-2-7-15(13)17/h1-7,10H,8-9H2. The second kappa shape index (κ2) is 4.66. The minimum Gasteiger partial charge on any atom is -0.266 e. The van der Waals surface area contributed by atoms with Gasteiger partial charge in [0, 0.05) is 6.54 Å². The topological polar surface area (TPSA) is 61.2 Å². The van der Waals surface area contributed by atoms with Gasteiger partial charge in [-0.25, -0.2) is 8.42 Å². The lowest BCUT2D eigenvalue weighted by Gasteiger charge is -2.19. The SMILES string of the molecule is N#Cc1cccc(S(=O)(=O)N2CCc3ccccc32)c1. The Kier molecular flexibility index (Phi) is 2.96. The van der Waals surface area contributed by atoms with Crippen molar-refractivity contribution in [3.63, 3.8) is 0 Å². The number of anilines is 1. The molecule has 0 aromatic heterocycles. The van der Waals surface area contributed by atoms with Gasteiger partial charge in [-0.05, 0) is 36.2 Å². The third kappa shape index (κ3) is 1.95. The van der Waals surface area contributed by atoms with Crippen LogP contribution in [0.5, 0.6) is 0 Å². The van der Waals surface area contributed by atoms with Gasteiger partial charge in [-0.1, -0.05) is 24.3 Å². The van der Waals surface area contributed by atoms with Crippen LogP contribution < -0.4 is 4.31 Å². The van der Waals surface area contributed by atoms with Crippen LogP contribution >= 0.6 is 0 Å². The Morgan fingerprint density at radius 2 is 1.90 bits per heavy atom. The highest BCUT2D eigenvalue weighted by molar-refractivity contribution is 7.92. The Balaban J connectivity index is 2.08. The molecule has 5 heteroatoms. The first-order valence-corrected chi connectivity index (χ1v) is 7.68. The first-order valence-electron chi connectivity index (χ1n) is 6.24. The molecule has 0 N–H and O–H groups in total. The number of para-hydroxylation sites is 1. The number of hydrogen-bond acceptors (Lipinski definition) is 3. The van der Waals surface area contributed by atoms with Crippen molar-refractivity contribution in [3.05, 3.63) is 59.7 Å². The van der Waals surface area contributed by atoms with E-state index < -0.39 is 10.0 Å². The molecule has 3 rings (SSSR count). The van der Waals surface area contributed by atoms with Crippen LogP contribution in [-0.2, 0) is 16.4 Å². The summed E-state index contributed by atoms with van der Waals surface area (Å²) < 4.78 is 26.8. The molecule has 1 heterocycles. The molecular formula is C15H12N2O2S. The Bertz CT molecular complexity index is 807. The van der Waals surface area contributed by atoms with Crippen LogP contribution in [0.4, 0.5) is 5.69 Å². The average molecular weight is 284 g/mol. The van der Waals surface area contributed by atoms with Crippen molar-refractivity contribution in [2.75, 3.05) is 10.8 Å². The summed E-state index contributed by atoms with van der Waals surface area (Å²) in [6.07, 6.45) is 0.716. The van der Waals surface area contributed by atoms with Crippen molar-refractivity contribution in [1.82, 2.24) is 0 Å². The zero-order chi connectivity index (χ0) is 14.2. The molecule has 2 aromatic rings. The van der Waals surface area contributed by atoms with Gasteiger partial charge in [-0.15, -0.1) is 0 Å². The van der Waals surface area contributed by atoms with E-state index in [2.05, 4.69) is 0 Å². The molecule has 4 nitrogen and oxygen atoms in total. The molecule has 0 saturated heterocycles. The summed E-state index contributed by atoms with van der Waals surface area (Å²) in [5, 5.41) is 8.89. The molecule has 0 aliphatic carbocycles. The number of hydrogen-bond donors (Lipinski definition) is 0. The van der Waals surface area contributed by atoms with Crippen molar-refractivity contribution in [3.8, 4) is 6.07 Å². The normalized spacial score (nSPS) is 13.8. The third-order valence-electron chi connectivity index (χ3n) is 3.40. The Morgan fingerprint density at radius 1 is 1.10 bits per heavy atom. The molecule has 1 aliphatic heterocycles. The zero-order valence-electron chi connectivity index (χ0n) is 10.7. The van der Waals surface area contributed by atoms with Gasteiger partial charge in [-0.2, -0.15) is 5.26 Å². The molecule has 0 unspecified atom stereocenters. The smallest absolute Gasteiger partial charge is 0.264 e. The van der Waals surface area contributed by atoms with Crippen LogP contribution in [0.1, 0.15) is 11.1 Å². The van der Waals surface area contributed by atoms with Crippen molar-refractivity contribution in [2.45, 2.75) is 11.3 Å². The molecule has 0 fully saturated rings. The molecule has 0 amide bonds. The second-order valence-electron chi connectivity index (χ2n) is 4.60. The molecule has 0 atom stereocenters. The summed E-state index contributed by atoms with van der Waals surface area (Å²) in [6, 6.07) is 15.6. The Morgan fingerprint density at radius 3 is 2.70 bits per heavy atom. The second-order valence-corrected chi connectivity index (χ2v) is 6.46. The molecule has 0 saturated carbocycles. The molecule has 0 radical (unpaired) electrons. The van der Waals surface area contributed by atoms with Crippen LogP contribution in [0.2, 0.25) is 0 Å². The summed E-state index contributed by atoms with van der Waals surface area (Å²) in [7, 11) is -3.60. The largest absolute Gasteiger partial charge is 0.266 e. The van der Waals surface area contributed by atoms with E-state index >= 15 is 0 Å². The Hall–Kier alpha value is -2.32. The molecule has 2 aromatic carbocycles. The lowest BCUT2D eigenvalue weighted by atomic mass is 10.2. The van der Waals surface area contributed by atoms with Crippen LogP contribution in [0.3, 0.4) is 0 Å². The molecular weight excluding hydrogens is 272 g/mol. The van der Waals surface area contributed by atoms with E-state index in [4.69, 9.17) is 5.26 Å². The molecule has 20 heavy (non-hydrogen) atoms. The van der Waals surface area contributed by atoms with Crippen molar-refractivity contribution in [1.29, 1.82) is 5.26 Å². The van der Waals surface area contributed by atoms with Crippen molar-refractivity contribution in [2.24, 2.45) is 0 Å². The van der Waals surface area contributed by atoms with Gasteiger partial charge in [0.15, 0.2) is 0 Å². The minimum absolute atomic E-state index is 0.160. The number of benzene rings is 2. The predicted octanol–water partition coefficient (Wildman–Crippen LogP) is 2.31. The fourth-order valence-corrected chi connectivity index (χ4v) is 3.96. The van der Waals surface area contributed by atoms with Gasteiger partial charge >= 0.3 is 0 Å². The summed E-state index contributed by atoms with van der Waals surface area (Å²) in [6.45, 7) is 0.443. The third-order valence-corrected chi connectivity index (χ3v) is 5.20. The molecule has 1 aliphatic rings. The van der Waals surface area contributed by atoms with Crippen molar-refractivity contribution < 1.29 is 8.42 Å². The molecule has 0 spiro atoms. The first kappa shape index (κ1) is 12.7. The summed E-state index contributed by atoms with van der Waals surface area (Å²) in [5.41, 5.74) is 2.11. The Labute approximate surface area is 117 Å². The number of sulfonamides is 1. The van der Waals surface area contributed by atoms with Crippen LogP contribution in [0.25, 0.3) is 0 Å². The van der Waals surface area contributed by atoms with Crippen molar-refractivity contribution >= 4 is 15.7 Å². The fraction of sp³-hybridized carbons (Fsp3) is 0.133. The molecule has 0 bridgehead atoms. The van der Waals surface area contributed by atoms with E-state index in [1.807, 2.05) is 30.3 Å². The van der Waals surface area contributed by atoms with Gasteiger partial charge in [0.25, 0.3) is 10.0 Å². The zero-order valence-corrected chi connectivity index (χ0v) is 11.5. The maximum absolute atomic E-state index is 12.7. The maximum atomic E-state index is 12.7. The predicted molar refractivity (Wildman–Crippen MR) is 75.8 cm³/mol. The van der Waals surface area contributed by atoms with E-state index in [1.165, 1.54) is 16.4 Å². The number of nitriles is 1. The summed E-state index contributed by atoms with van der Waals surface area (Å²) in [5.74, 6) is 0. The van der Waals surface area contributed by atoms with Crippen LogP contribution in [0.15, 0.2) is 53.4 Å². The van der Waals surface area contributed by atoms with Crippen LogP contribution in [0, 0.1) is 11.3 Å². The summed E-state index contributed by atoms with van der Waals surface area (Å²) in [4.78, 5) is 0.160. The monoisotopic (exact) mass is 284 g/mol. The van der Waals surface area contributed by atoms with E-state index in [1.54, 1.807) is 12.1 Å². The highest BCUT2D eigenvalue weighted by Crippen LogP contribution is 2.32. The number of nitrogens with zero attached hydrogens (tertiary/aromatic N) is 2. The minimum atomic E-state index is -3.60. The van der Waals surface area contributed by atoms with Gasteiger partial charge in [0.1, 0.15) is 0 Å². The highest BCUT2D eigenvalue weighted by atomic mass is 32.2. The fourth-order valence-electron chi connectivity index (χ4n) is 2.41. The molecule has 100 valence electrons. The van der Waals surface area contributed by atoms with E-state index in [9.17, 15) is 8.42 Å². The van der Waals surface area contributed by atoms with E-state index in [0.717, 1.165) is 11.3 Å². The number of rotatable bonds is 2. The first-order chi connectivity index (χ1) is 9.63. The van der Waals surface area contributed by atoms with E-state index in [0.29, 0.717) is 18.5 Å². The van der Waals surface area contributed by atoms with Gasteiger partial charge in [0.05, 0.1) is 22.2 Å². The lowest BCUT2D eigenvalue weighted by molar-refractivity contribution is 0.592. The van der Waals surface area contributed by atoms with Gasteiger partial charge in [0.2, 0.25) is 0 Å². The summed E-state index contributed by atoms with van der Waals surface area (Å²) >= 11 is 0.